The van der Waals surface area contributed by atoms with E-state index >= 15 is 0 Å². The molecule has 0 saturated carbocycles. The molecule has 0 atom stereocenters. The van der Waals surface area contributed by atoms with Gasteiger partial charge in [0.2, 0.25) is 0 Å². The number of ether oxygens (including phenoxy) is 3. The van der Waals surface area contributed by atoms with Crippen molar-refractivity contribution in [3.8, 4) is 17.2 Å². The third kappa shape index (κ3) is 2.51. The van der Waals surface area contributed by atoms with Crippen LogP contribution < -0.4 is 19.7 Å². The van der Waals surface area contributed by atoms with E-state index in [0.717, 1.165) is 5.56 Å². The summed E-state index contributed by atoms with van der Waals surface area (Å²) in [6.07, 6.45) is 0. The van der Waals surface area contributed by atoms with Gasteiger partial charge in [-0.05, 0) is 6.07 Å². The largest absolute Gasteiger partial charge is 0.497 e. The molecule has 0 amide bonds. The summed E-state index contributed by atoms with van der Waals surface area (Å²) in [7, 11) is 4.66. The predicted octanol–water partition coefficient (Wildman–Crippen LogP) is 1.19. The molecule has 0 heterocycles. The van der Waals surface area contributed by atoms with E-state index in [-0.39, 0.29) is 6.54 Å². The normalized spacial score (nSPS) is 9.87. The molecule has 0 fully saturated rings. The maximum atomic E-state index is 8.68. The van der Waals surface area contributed by atoms with Gasteiger partial charge < -0.3 is 19.4 Å². The van der Waals surface area contributed by atoms with E-state index in [1.54, 1.807) is 33.5 Å². The van der Waals surface area contributed by atoms with E-state index in [1.807, 2.05) is 0 Å². The maximum absolute atomic E-state index is 8.68. The van der Waals surface area contributed by atoms with Gasteiger partial charge in [0.05, 0.1) is 21.3 Å². The molecule has 2 N–H and O–H groups in total. The first-order chi connectivity index (χ1) is 7.26. The topological polar surface area (TPSA) is 60.0 Å². The molecule has 1 aromatic rings. The van der Waals surface area contributed by atoms with Crippen LogP contribution >= 0.6 is 0 Å². The predicted molar refractivity (Wildman–Crippen MR) is 54.7 cm³/mol. The monoisotopic (exact) mass is 213 g/mol. The summed E-state index contributed by atoms with van der Waals surface area (Å²) in [5, 5.41) is 8.68. The van der Waals surface area contributed by atoms with Gasteiger partial charge in [-0.25, -0.2) is 5.48 Å². The molecule has 1 rings (SSSR count). The number of benzene rings is 1. The van der Waals surface area contributed by atoms with Crippen molar-refractivity contribution in [3.05, 3.63) is 17.7 Å². The average molecular weight is 213 g/mol. The van der Waals surface area contributed by atoms with E-state index in [2.05, 4.69) is 5.48 Å². The van der Waals surface area contributed by atoms with E-state index < -0.39 is 0 Å². The first-order valence-electron chi connectivity index (χ1n) is 4.42. The summed E-state index contributed by atoms with van der Waals surface area (Å²) in [5.41, 5.74) is 2.83. The molecule has 0 radical (unpaired) electrons. The van der Waals surface area contributed by atoms with Crippen LogP contribution in [0.4, 0.5) is 0 Å². The van der Waals surface area contributed by atoms with E-state index in [1.165, 1.54) is 0 Å². The summed E-state index contributed by atoms with van der Waals surface area (Å²) < 4.78 is 15.4. The molecule has 0 spiro atoms. The molecule has 0 aromatic heterocycles. The van der Waals surface area contributed by atoms with Crippen LogP contribution in [0.25, 0.3) is 0 Å². The zero-order chi connectivity index (χ0) is 11.3. The minimum Gasteiger partial charge on any atom is -0.497 e. The lowest BCUT2D eigenvalue weighted by Gasteiger charge is -2.13. The highest BCUT2D eigenvalue weighted by Gasteiger charge is 2.12. The highest BCUT2D eigenvalue weighted by molar-refractivity contribution is 5.51. The van der Waals surface area contributed by atoms with Gasteiger partial charge in [-0.1, -0.05) is 0 Å². The second-order valence-electron chi connectivity index (χ2n) is 2.86. The molecule has 0 aliphatic carbocycles. The Balaban J connectivity index is 3.19. The first-order valence-corrected chi connectivity index (χ1v) is 4.42. The van der Waals surface area contributed by atoms with E-state index in [0.29, 0.717) is 17.2 Å². The molecule has 0 aliphatic rings. The second-order valence-corrected chi connectivity index (χ2v) is 2.86. The van der Waals surface area contributed by atoms with Gasteiger partial charge in [0, 0.05) is 18.2 Å². The van der Waals surface area contributed by atoms with Crippen LogP contribution in [0.1, 0.15) is 5.56 Å². The zero-order valence-electron chi connectivity index (χ0n) is 9.03. The first kappa shape index (κ1) is 11.6. The van der Waals surface area contributed by atoms with Gasteiger partial charge >= 0.3 is 0 Å². The fourth-order valence-corrected chi connectivity index (χ4v) is 1.35. The highest BCUT2D eigenvalue weighted by atomic mass is 16.5. The van der Waals surface area contributed by atoms with Gasteiger partial charge in [-0.15, -0.1) is 0 Å². The molecule has 5 heteroatoms. The Hall–Kier alpha value is -1.46. The Bertz CT molecular complexity index is 327. The zero-order valence-corrected chi connectivity index (χ0v) is 9.03. The van der Waals surface area contributed by atoms with E-state index in [4.69, 9.17) is 19.4 Å². The van der Waals surface area contributed by atoms with Crippen LogP contribution in [0.15, 0.2) is 12.1 Å². The Morgan fingerprint density at radius 1 is 1.13 bits per heavy atom. The van der Waals surface area contributed by atoms with Gasteiger partial charge in [0.25, 0.3) is 0 Å². The molecule has 0 aliphatic heterocycles. The molecule has 0 bridgehead atoms. The molecule has 5 nitrogen and oxygen atoms in total. The quantitative estimate of drug-likeness (QED) is 0.719. The summed E-state index contributed by atoms with van der Waals surface area (Å²) in [6.45, 7) is 0.261. The number of hydrogen-bond donors (Lipinski definition) is 2. The number of rotatable bonds is 5. The maximum Gasteiger partial charge on any atom is 0.165 e. The lowest BCUT2D eigenvalue weighted by Crippen LogP contribution is -2.08. The van der Waals surface area contributed by atoms with Crippen LogP contribution in [0.3, 0.4) is 0 Å². The minimum absolute atomic E-state index is 0.261. The molecule has 15 heavy (non-hydrogen) atoms. The van der Waals surface area contributed by atoms with Crippen molar-refractivity contribution in [2.75, 3.05) is 21.3 Å². The highest BCUT2D eigenvalue weighted by Crippen LogP contribution is 2.35. The molecule has 0 saturated heterocycles. The van der Waals surface area contributed by atoms with Crippen molar-refractivity contribution in [1.29, 1.82) is 0 Å². The van der Waals surface area contributed by atoms with Crippen LogP contribution in [0.5, 0.6) is 17.2 Å². The summed E-state index contributed by atoms with van der Waals surface area (Å²) in [5.74, 6) is 1.81. The van der Waals surface area contributed by atoms with Gasteiger partial charge in [-0.2, -0.15) is 0 Å². The smallest absolute Gasteiger partial charge is 0.165 e. The van der Waals surface area contributed by atoms with Crippen molar-refractivity contribution in [1.82, 2.24) is 5.48 Å². The SMILES string of the molecule is COc1cc(CNO)c(OC)c(OC)c1. The Morgan fingerprint density at radius 2 is 1.87 bits per heavy atom. The van der Waals surface area contributed by atoms with Crippen molar-refractivity contribution in [3.63, 3.8) is 0 Å². The number of nitrogens with one attached hydrogen (secondary N) is 1. The standard InChI is InChI=1S/C10H15NO4/c1-13-8-4-7(6-11-12)10(15-3)9(5-8)14-2/h4-5,11-12H,6H2,1-3H3. The summed E-state index contributed by atoms with van der Waals surface area (Å²) in [4.78, 5) is 0. The number of hydrogen-bond acceptors (Lipinski definition) is 5. The van der Waals surface area contributed by atoms with Crippen molar-refractivity contribution >= 4 is 0 Å². The third-order valence-corrected chi connectivity index (χ3v) is 2.03. The van der Waals surface area contributed by atoms with Crippen LogP contribution in [-0.4, -0.2) is 26.5 Å². The van der Waals surface area contributed by atoms with Crippen molar-refractivity contribution < 1.29 is 19.4 Å². The molecule has 84 valence electrons. The Morgan fingerprint density at radius 3 is 2.33 bits per heavy atom. The van der Waals surface area contributed by atoms with E-state index in [9.17, 15) is 0 Å². The van der Waals surface area contributed by atoms with Gasteiger partial charge in [0.15, 0.2) is 11.5 Å². The average Bonchev–Trinajstić information content (AvgIpc) is 2.28. The summed E-state index contributed by atoms with van der Waals surface area (Å²) >= 11 is 0. The summed E-state index contributed by atoms with van der Waals surface area (Å²) in [6, 6.07) is 3.49. The number of methoxy groups -OCH3 is 3. The van der Waals surface area contributed by atoms with Gasteiger partial charge in [-0.3, -0.25) is 0 Å². The fourth-order valence-electron chi connectivity index (χ4n) is 1.35. The molecule has 0 unspecified atom stereocenters. The van der Waals surface area contributed by atoms with Crippen molar-refractivity contribution in [2.24, 2.45) is 0 Å². The number of hydroxylamine groups is 1. The van der Waals surface area contributed by atoms with Crippen LogP contribution in [0, 0.1) is 0 Å². The lowest BCUT2D eigenvalue weighted by atomic mass is 10.1. The lowest BCUT2D eigenvalue weighted by molar-refractivity contribution is 0.159. The molecule has 1 aromatic carbocycles. The Labute approximate surface area is 88.5 Å². The molecular formula is C10H15NO4. The minimum atomic E-state index is 0.261. The van der Waals surface area contributed by atoms with Crippen LogP contribution in [-0.2, 0) is 6.54 Å². The Kier molecular flexibility index (Phi) is 4.20. The third-order valence-electron chi connectivity index (χ3n) is 2.03. The molecular weight excluding hydrogens is 198 g/mol. The van der Waals surface area contributed by atoms with Crippen molar-refractivity contribution in [2.45, 2.75) is 6.54 Å². The van der Waals surface area contributed by atoms with Crippen LogP contribution in [0.2, 0.25) is 0 Å². The fraction of sp³-hybridized carbons (Fsp3) is 0.400. The van der Waals surface area contributed by atoms with Gasteiger partial charge in [0.1, 0.15) is 5.75 Å². The second kappa shape index (κ2) is 5.43.